The zero-order chi connectivity index (χ0) is 11.8. The third-order valence-electron chi connectivity index (χ3n) is 1.98. The number of aliphatic carboxylic acids is 1. The van der Waals surface area contributed by atoms with Crippen LogP contribution < -0.4 is 0 Å². The van der Waals surface area contributed by atoms with Gasteiger partial charge in [-0.25, -0.2) is 4.79 Å². The summed E-state index contributed by atoms with van der Waals surface area (Å²) in [7, 11) is 1.27. The highest BCUT2D eigenvalue weighted by atomic mass is 16.6. The van der Waals surface area contributed by atoms with E-state index in [0.717, 1.165) is 12.8 Å². The standard InChI is InChI=1S/C10H18O5/c1-4-5-6-8(11)15-7(2)9(14-3)10(12)13/h7,9H,4-6H2,1-3H3,(H,12,13). The summed E-state index contributed by atoms with van der Waals surface area (Å²) in [5.41, 5.74) is 0. The predicted molar refractivity (Wildman–Crippen MR) is 53.5 cm³/mol. The van der Waals surface area contributed by atoms with Crippen LogP contribution in [0.25, 0.3) is 0 Å². The number of carboxylic acids is 1. The first kappa shape index (κ1) is 13.9. The van der Waals surface area contributed by atoms with E-state index in [1.54, 1.807) is 0 Å². The van der Waals surface area contributed by atoms with Crippen molar-refractivity contribution in [1.82, 2.24) is 0 Å². The Hall–Kier alpha value is -1.10. The molecule has 0 amide bonds. The lowest BCUT2D eigenvalue weighted by Crippen LogP contribution is -2.36. The first-order chi connectivity index (χ1) is 7.02. The number of methoxy groups -OCH3 is 1. The van der Waals surface area contributed by atoms with E-state index in [2.05, 4.69) is 0 Å². The molecule has 1 N–H and O–H groups in total. The first-order valence-corrected chi connectivity index (χ1v) is 4.98. The van der Waals surface area contributed by atoms with Crippen LogP contribution in [0.4, 0.5) is 0 Å². The van der Waals surface area contributed by atoms with Crippen LogP contribution in [0.15, 0.2) is 0 Å². The summed E-state index contributed by atoms with van der Waals surface area (Å²) in [5, 5.41) is 8.72. The number of hydrogen-bond acceptors (Lipinski definition) is 4. The maximum absolute atomic E-state index is 11.2. The molecule has 0 spiro atoms. The average Bonchev–Trinajstić information content (AvgIpc) is 2.15. The van der Waals surface area contributed by atoms with Gasteiger partial charge in [-0.05, 0) is 13.3 Å². The summed E-state index contributed by atoms with van der Waals surface area (Å²) in [4.78, 5) is 21.8. The van der Waals surface area contributed by atoms with Gasteiger partial charge >= 0.3 is 11.9 Å². The SMILES string of the molecule is CCCCC(=O)OC(C)C(OC)C(=O)O. The monoisotopic (exact) mass is 218 g/mol. The van der Waals surface area contributed by atoms with Gasteiger partial charge in [0.1, 0.15) is 6.10 Å². The van der Waals surface area contributed by atoms with Gasteiger partial charge in [0.25, 0.3) is 0 Å². The molecule has 0 aromatic carbocycles. The van der Waals surface area contributed by atoms with Crippen LogP contribution in [-0.2, 0) is 19.1 Å². The molecular formula is C10H18O5. The molecule has 0 radical (unpaired) electrons. The Morgan fingerprint density at radius 2 is 2.00 bits per heavy atom. The van der Waals surface area contributed by atoms with Gasteiger partial charge in [-0.15, -0.1) is 0 Å². The maximum atomic E-state index is 11.2. The zero-order valence-corrected chi connectivity index (χ0v) is 9.36. The van der Waals surface area contributed by atoms with E-state index >= 15 is 0 Å². The summed E-state index contributed by atoms with van der Waals surface area (Å²) >= 11 is 0. The van der Waals surface area contributed by atoms with Crippen LogP contribution in [0.2, 0.25) is 0 Å². The average molecular weight is 218 g/mol. The number of esters is 1. The second kappa shape index (κ2) is 7.23. The van der Waals surface area contributed by atoms with E-state index in [1.807, 2.05) is 6.92 Å². The molecule has 0 bridgehead atoms. The highest BCUT2D eigenvalue weighted by Gasteiger charge is 2.27. The molecular weight excluding hydrogens is 200 g/mol. The van der Waals surface area contributed by atoms with E-state index in [0.29, 0.717) is 6.42 Å². The lowest BCUT2D eigenvalue weighted by Gasteiger charge is -2.18. The van der Waals surface area contributed by atoms with Crippen molar-refractivity contribution in [2.75, 3.05) is 7.11 Å². The molecule has 0 rings (SSSR count). The summed E-state index contributed by atoms with van der Waals surface area (Å²) in [6, 6.07) is 0. The zero-order valence-electron chi connectivity index (χ0n) is 9.36. The lowest BCUT2D eigenvalue weighted by atomic mass is 10.2. The van der Waals surface area contributed by atoms with E-state index in [1.165, 1.54) is 14.0 Å². The van der Waals surface area contributed by atoms with Gasteiger partial charge in [0.05, 0.1) is 0 Å². The van der Waals surface area contributed by atoms with Gasteiger partial charge in [-0.3, -0.25) is 4.79 Å². The largest absolute Gasteiger partial charge is 0.479 e. The minimum Gasteiger partial charge on any atom is -0.479 e. The lowest BCUT2D eigenvalue weighted by molar-refractivity contribution is -0.166. The molecule has 5 nitrogen and oxygen atoms in total. The number of carboxylic acid groups (broad SMARTS) is 1. The van der Waals surface area contributed by atoms with Crippen molar-refractivity contribution in [3.8, 4) is 0 Å². The Morgan fingerprint density at radius 3 is 2.40 bits per heavy atom. The van der Waals surface area contributed by atoms with E-state index in [4.69, 9.17) is 14.6 Å². The molecule has 2 unspecified atom stereocenters. The molecule has 0 aliphatic heterocycles. The third-order valence-corrected chi connectivity index (χ3v) is 1.98. The summed E-state index contributed by atoms with van der Waals surface area (Å²) in [6.45, 7) is 3.47. The fourth-order valence-electron chi connectivity index (χ4n) is 1.14. The highest BCUT2D eigenvalue weighted by Crippen LogP contribution is 2.06. The summed E-state index contributed by atoms with van der Waals surface area (Å²) in [6.07, 6.45) is 0.0935. The van der Waals surface area contributed by atoms with Gasteiger partial charge in [-0.1, -0.05) is 13.3 Å². The van der Waals surface area contributed by atoms with Crippen molar-refractivity contribution in [3.05, 3.63) is 0 Å². The third kappa shape index (κ3) is 5.37. The molecule has 88 valence electrons. The molecule has 0 saturated carbocycles. The van der Waals surface area contributed by atoms with Gasteiger partial charge in [0, 0.05) is 13.5 Å². The molecule has 0 aliphatic carbocycles. The number of ether oxygens (including phenoxy) is 2. The Kier molecular flexibility index (Phi) is 6.70. The van der Waals surface area contributed by atoms with Gasteiger partial charge in [0.2, 0.25) is 0 Å². The molecule has 0 aliphatic rings. The van der Waals surface area contributed by atoms with Crippen LogP contribution >= 0.6 is 0 Å². The molecule has 0 aromatic heterocycles. The van der Waals surface area contributed by atoms with Crippen LogP contribution in [0.1, 0.15) is 33.1 Å². The second-order valence-corrected chi connectivity index (χ2v) is 3.29. The van der Waals surface area contributed by atoms with Crippen LogP contribution in [0.3, 0.4) is 0 Å². The van der Waals surface area contributed by atoms with Crippen molar-refractivity contribution in [2.24, 2.45) is 0 Å². The van der Waals surface area contributed by atoms with Crippen molar-refractivity contribution >= 4 is 11.9 Å². The molecule has 2 atom stereocenters. The number of carbonyl (C=O) groups is 2. The van der Waals surface area contributed by atoms with Gasteiger partial charge in [-0.2, -0.15) is 0 Å². The fourth-order valence-corrected chi connectivity index (χ4v) is 1.14. The minimum atomic E-state index is -1.13. The summed E-state index contributed by atoms with van der Waals surface area (Å²) < 4.78 is 9.62. The van der Waals surface area contributed by atoms with Gasteiger partial charge < -0.3 is 14.6 Å². The quantitative estimate of drug-likeness (QED) is 0.650. The normalized spacial score (nSPS) is 14.3. The van der Waals surface area contributed by atoms with Gasteiger partial charge in [0.15, 0.2) is 6.10 Å². The second-order valence-electron chi connectivity index (χ2n) is 3.29. The highest BCUT2D eigenvalue weighted by molar-refractivity contribution is 5.74. The molecule has 0 heterocycles. The smallest absolute Gasteiger partial charge is 0.336 e. The van der Waals surface area contributed by atoms with Crippen molar-refractivity contribution < 1.29 is 24.2 Å². The Morgan fingerprint density at radius 1 is 1.40 bits per heavy atom. The minimum absolute atomic E-state index is 0.316. The van der Waals surface area contributed by atoms with Crippen LogP contribution in [-0.4, -0.2) is 36.4 Å². The predicted octanol–water partition coefficient (Wildman–Crippen LogP) is 1.21. The Labute approximate surface area is 89.4 Å². The molecule has 0 aromatic rings. The number of hydrogen-bond donors (Lipinski definition) is 1. The fraction of sp³-hybridized carbons (Fsp3) is 0.800. The first-order valence-electron chi connectivity index (χ1n) is 4.98. The van der Waals surface area contributed by atoms with Crippen molar-refractivity contribution in [1.29, 1.82) is 0 Å². The Balaban J connectivity index is 4.04. The topological polar surface area (TPSA) is 72.8 Å². The summed E-state index contributed by atoms with van der Waals surface area (Å²) in [5.74, 6) is -1.51. The van der Waals surface area contributed by atoms with Crippen molar-refractivity contribution in [2.45, 2.75) is 45.3 Å². The number of carbonyl (C=O) groups excluding carboxylic acids is 1. The molecule has 15 heavy (non-hydrogen) atoms. The van der Waals surface area contributed by atoms with E-state index in [-0.39, 0.29) is 5.97 Å². The van der Waals surface area contributed by atoms with E-state index < -0.39 is 18.2 Å². The van der Waals surface area contributed by atoms with Crippen molar-refractivity contribution in [3.63, 3.8) is 0 Å². The molecule has 5 heteroatoms. The molecule has 0 saturated heterocycles. The number of rotatable bonds is 7. The van der Waals surface area contributed by atoms with E-state index in [9.17, 15) is 9.59 Å². The van der Waals surface area contributed by atoms with Crippen LogP contribution in [0.5, 0.6) is 0 Å². The Bertz CT molecular complexity index is 214. The van der Waals surface area contributed by atoms with Crippen LogP contribution in [0, 0.1) is 0 Å². The maximum Gasteiger partial charge on any atom is 0.336 e. The molecule has 0 fully saturated rings. The number of unbranched alkanes of at least 4 members (excludes halogenated alkanes) is 1.